The van der Waals surface area contributed by atoms with Crippen LogP contribution >= 0.6 is 11.6 Å². The molecule has 1 amide bonds. The van der Waals surface area contributed by atoms with E-state index in [2.05, 4.69) is 20.6 Å². The number of rotatable bonds is 6. The van der Waals surface area contributed by atoms with Crippen molar-refractivity contribution in [2.24, 2.45) is 0 Å². The molecule has 140 valence electrons. The quantitative estimate of drug-likeness (QED) is 0.795. The smallest absolute Gasteiger partial charge is 0.353 e. The number of nitrogens with zero attached hydrogens (tertiary/aromatic N) is 3. The highest BCUT2D eigenvalue weighted by molar-refractivity contribution is 6.33. The minimum atomic E-state index is -4.54. The van der Waals surface area contributed by atoms with Gasteiger partial charge in [-0.1, -0.05) is 11.6 Å². The summed E-state index contributed by atoms with van der Waals surface area (Å²) in [6, 6.07) is 4.05. The Morgan fingerprint density at radius 1 is 1.27 bits per heavy atom. The number of anilines is 2. The van der Waals surface area contributed by atoms with Crippen molar-refractivity contribution in [1.82, 2.24) is 14.9 Å². The van der Waals surface area contributed by atoms with E-state index in [1.54, 1.807) is 0 Å². The average molecular weight is 388 g/mol. The summed E-state index contributed by atoms with van der Waals surface area (Å²) in [7, 11) is 3.82. The number of hydrogen-bond acceptors (Lipinski definition) is 5. The van der Waals surface area contributed by atoms with Gasteiger partial charge in [-0.05, 0) is 38.4 Å². The van der Waals surface area contributed by atoms with Gasteiger partial charge in [0.1, 0.15) is 5.69 Å². The first-order valence-electron chi connectivity index (χ1n) is 7.56. The zero-order valence-electron chi connectivity index (χ0n) is 14.1. The largest absolute Gasteiger partial charge is 0.416 e. The zero-order chi connectivity index (χ0) is 19.3. The Labute approximate surface area is 153 Å². The molecule has 0 radical (unpaired) electrons. The van der Waals surface area contributed by atoms with Gasteiger partial charge in [0.05, 0.1) is 16.3 Å². The average Bonchev–Trinajstić information content (AvgIpc) is 2.55. The van der Waals surface area contributed by atoms with Crippen LogP contribution in [0.15, 0.2) is 30.5 Å². The van der Waals surface area contributed by atoms with Crippen molar-refractivity contribution in [3.8, 4) is 0 Å². The van der Waals surface area contributed by atoms with Gasteiger partial charge in [0.15, 0.2) is 0 Å². The van der Waals surface area contributed by atoms with Crippen LogP contribution in [-0.2, 0) is 6.18 Å². The highest BCUT2D eigenvalue weighted by Crippen LogP contribution is 2.33. The number of carbonyl (C=O) groups is 1. The maximum Gasteiger partial charge on any atom is 0.416 e. The Morgan fingerprint density at radius 2 is 2.00 bits per heavy atom. The number of aromatic nitrogens is 2. The lowest BCUT2D eigenvalue weighted by molar-refractivity contribution is -0.137. The second-order valence-corrected chi connectivity index (χ2v) is 6.05. The Bertz CT molecular complexity index is 783. The van der Waals surface area contributed by atoms with E-state index in [9.17, 15) is 18.0 Å². The van der Waals surface area contributed by atoms with E-state index in [1.807, 2.05) is 19.0 Å². The molecule has 0 bridgehead atoms. The lowest BCUT2D eigenvalue weighted by Crippen LogP contribution is -2.22. The van der Waals surface area contributed by atoms with Crippen LogP contribution < -0.4 is 10.6 Å². The number of alkyl halides is 3. The van der Waals surface area contributed by atoms with Crippen molar-refractivity contribution in [2.75, 3.05) is 37.8 Å². The fraction of sp³-hybridized carbons (Fsp3) is 0.312. The maximum atomic E-state index is 12.8. The van der Waals surface area contributed by atoms with E-state index in [0.717, 1.165) is 24.7 Å². The van der Waals surface area contributed by atoms with Gasteiger partial charge in [0.25, 0.3) is 5.91 Å². The molecule has 0 aliphatic heterocycles. The molecule has 2 rings (SSSR count). The van der Waals surface area contributed by atoms with Crippen molar-refractivity contribution in [3.63, 3.8) is 0 Å². The summed E-state index contributed by atoms with van der Waals surface area (Å²) in [5, 5.41) is 5.29. The summed E-state index contributed by atoms with van der Waals surface area (Å²) in [5.74, 6) is -0.445. The van der Waals surface area contributed by atoms with Crippen molar-refractivity contribution in [1.29, 1.82) is 0 Å². The summed E-state index contributed by atoms with van der Waals surface area (Å²) >= 11 is 5.88. The van der Waals surface area contributed by atoms with Gasteiger partial charge in [-0.2, -0.15) is 13.2 Å². The van der Waals surface area contributed by atoms with Crippen LogP contribution in [0.2, 0.25) is 5.02 Å². The standard InChI is InChI=1S/C16H17ClF3N5O/c1-25(2)8-7-22-15-21-6-5-12(24-15)14(26)23-13-9-10(16(18,19)20)3-4-11(13)17/h3-6,9H,7-8H2,1-2H3,(H,23,26)(H,21,22,24). The van der Waals surface area contributed by atoms with Crippen LogP contribution in [0.1, 0.15) is 16.1 Å². The molecule has 1 aromatic heterocycles. The molecule has 2 N–H and O–H groups in total. The molecule has 0 saturated heterocycles. The second-order valence-electron chi connectivity index (χ2n) is 5.64. The Kier molecular flexibility index (Phi) is 6.38. The Morgan fingerprint density at radius 3 is 2.65 bits per heavy atom. The van der Waals surface area contributed by atoms with Crippen LogP contribution in [0.25, 0.3) is 0 Å². The molecule has 0 unspecified atom stereocenters. The summed E-state index contributed by atoms with van der Waals surface area (Å²) in [4.78, 5) is 22.3. The van der Waals surface area contributed by atoms with Gasteiger partial charge in [-0.25, -0.2) is 9.97 Å². The molecule has 0 spiro atoms. The van der Waals surface area contributed by atoms with Crippen LogP contribution in [0, 0.1) is 0 Å². The highest BCUT2D eigenvalue weighted by Gasteiger charge is 2.31. The van der Waals surface area contributed by atoms with Crippen LogP contribution in [-0.4, -0.2) is 48.0 Å². The van der Waals surface area contributed by atoms with Crippen LogP contribution in [0.4, 0.5) is 24.8 Å². The minimum absolute atomic E-state index is 0.000770. The van der Waals surface area contributed by atoms with E-state index in [1.165, 1.54) is 12.3 Å². The third kappa shape index (κ3) is 5.57. The number of likely N-dealkylation sites (N-methyl/N-ethyl adjacent to an activating group) is 1. The third-order valence-corrected chi connectivity index (χ3v) is 3.60. The summed E-state index contributed by atoms with van der Waals surface area (Å²) < 4.78 is 38.4. The number of halogens is 4. The van der Waals surface area contributed by atoms with E-state index in [0.29, 0.717) is 6.54 Å². The summed E-state index contributed by atoms with van der Waals surface area (Å²) in [5.41, 5.74) is -1.06. The normalized spacial score (nSPS) is 11.5. The van der Waals surface area contributed by atoms with E-state index < -0.39 is 17.6 Å². The molecule has 10 heteroatoms. The van der Waals surface area contributed by atoms with Gasteiger partial charge >= 0.3 is 6.18 Å². The SMILES string of the molecule is CN(C)CCNc1nccc(C(=O)Nc2cc(C(F)(F)F)ccc2Cl)n1. The molecule has 0 aliphatic rings. The van der Waals surface area contributed by atoms with Crippen LogP contribution in [0.3, 0.4) is 0 Å². The molecule has 1 aromatic carbocycles. The molecule has 2 aromatic rings. The van der Waals surface area contributed by atoms with E-state index in [-0.39, 0.29) is 22.4 Å². The van der Waals surface area contributed by atoms with Gasteiger partial charge in [-0.15, -0.1) is 0 Å². The predicted octanol–water partition coefficient (Wildman–Crippen LogP) is 3.37. The maximum absolute atomic E-state index is 12.8. The molecular formula is C16H17ClF3N5O. The van der Waals surface area contributed by atoms with Crippen molar-refractivity contribution >= 4 is 29.1 Å². The summed E-state index contributed by atoms with van der Waals surface area (Å²) in [6.45, 7) is 1.30. The molecule has 0 fully saturated rings. The molecule has 0 atom stereocenters. The highest BCUT2D eigenvalue weighted by atomic mass is 35.5. The number of hydrogen-bond donors (Lipinski definition) is 2. The van der Waals surface area contributed by atoms with E-state index in [4.69, 9.17) is 11.6 Å². The van der Waals surface area contributed by atoms with E-state index >= 15 is 0 Å². The van der Waals surface area contributed by atoms with Crippen LogP contribution in [0.5, 0.6) is 0 Å². The van der Waals surface area contributed by atoms with Gasteiger partial charge < -0.3 is 15.5 Å². The summed E-state index contributed by atoms with van der Waals surface area (Å²) in [6.07, 6.45) is -3.16. The molecule has 0 aliphatic carbocycles. The molecule has 1 heterocycles. The number of carbonyl (C=O) groups excluding carboxylic acids is 1. The van der Waals surface area contributed by atoms with Crippen molar-refractivity contribution < 1.29 is 18.0 Å². The second kappa shape index (κ2) is 8.33. The van der Waals surface area contributed by atoms with Crippen molar-refractivity contribution in [3.05, 3.63) is 46.7 Å². The first-order valence-corrected chi connectivity index (χ1v) is 7.94. The zero-order valence-corrected chi connectivity index (χ0v) is 14.8. The van der Waals surface area contributed by atoms with Gasteiger partial charge in [0, 0.05) is 19.3 Å². The minimum Gasteiger partial charge on any atom is -0.353 e. The topological polar surface area (TPSA) is 70.2 Å². The Balaban J connectivity index is 2.13. The predicted molar refractivity (Wildman–Crippen MR) is 93.5 cm³/mol. The Hall–Kier alpha value is -2.39. The monoisotopic (exact) mass is 387 g/mol. The number of benzene rings is 1. The number of amides is 1. The third-order valence-electron chi connectivity index (χ3n) is 3.27. The van der Waals surface area contributed by atoms with Crippen molar-refractivity contribution in [2.45, 2.75) is 6.18 Å². The molecule has 26 heavy (non-hydrogen) atoms. The number of nitrogens with one attached hydrogen (secondary N) is 2. The first-order chi connectivity index (χ1) is 12.2. The fourth-order valence-electron chi connectivity index (χ4n) is 1.95. The molecule has 6 nitrogen and oxygen atoms in total. The van der Waals surface area contributed by atoms with Gasteiger partial charge in [0.2, 0.25) is 5.95 Å². The fourth-order valence-corrected chi connectivity index (χ4v) is 2.11. The van der Waals surface area contributed by atoms with Gasteiger partial charge in [-0.3, -0.25) is 4.79 Å². The lowest BCUT2D eigenvalue weighted by atomic mass is 10.2. The lowest BCUT2D eigenvalue weighted by Gasteiger charge is -2.12. The first kappa shape index (κ1) is 19.9. The molecule has 0 saturated carbocycles. The molecular weight excluding hydrogens is 371 g/mol.